The Morgan fingerprint density at radius 3 is 2.57 bits per heavy atom. The van der Waals surface area contributed by atoms with Gasteiger partial charge in [-0.1, -0.05) is 42.0 Å². The number of phenols is 1. The third-order valence-electron chi connectivity index (χ3n) is 3.05. The Kier molecular flexibility index (Phi) is 4.77. The summed E-state index contributed by atoms with van der Waals surface area (Å²) in [6.45, 7) is 4.31. The number of hydrogen-bond donors (Lipinski definition) is 1. The molecule has 0 heterocycles. The van der Waals surface area contributed by atoms with Gasteiger partial charge in [-0.15, -0.1) is 0 Å². The maximum Gasteiger partial charge on any atom is 0.185 e. The molecule has 0 radical (unpaired) electrons. The third kappa shape index (κ3) is 3.96. The van der Waals surface area contributed by atoms with Gasteiger partial charge in [-0.05, 0) is 37.6 Å². The minimum absolute atomic E-state index is 0.0546. The standard InChI is InChI=1S/C18H18O3/c1-3-21-18-12-14(7-11-17(18)20)6-10-16(19)15-8-4-13(2)5-9-15/h4-12,20H,3H2,1-2H3. The van der Waals surface area contributed by atoms with Gasteiger partial charge in [-0.2, -0.15) is 0 Å². The normalized spacial score (nSPS) is 10.8. The molecule has 0 aliphatic rings. The molecule has 0 unspecified atom stereocenters. The summed E-state index contributed by atoms with van der Waals surface area (Å²) in [5.74, 6) is 0.460. The van der Waals surface area contributed by atoms with E-state index in [4.69, 9.17) is 4.74 Å². The zero-order valence-corrected chi connectivity index (χ0v) is 12.2. The van der Waals surface area contributed by atoms with E-state index in [0.717, 1.165) is 11.1 Å². The molecule has 0 aliphatic carbocycles. The molecule has 3 heteroatoms. The number of allylic oxidation sites excluding steroid dienone is 1. The average Bonchev–Trinajstić information content (AvgIpc) is 2.48. The van der Waals surface area contributed by atoms with Crippen LogP contribution in [0.2, 0.25) is 0 Å². The maximum absolute atomic E-state index is 12.0. The van der Waals surface area contributed by atoms with Crippen molar-refractivity contribution in [2.24, 2.45) is 0 Å². The first kappa shape index (κ1) is 14.9. The highest BCUT2D eigenvalue weighted by Gasteiger charge is 2.03. The first-order valence-corrected chi connectivity index (χ1v) is 6.85. The van der Waals surface area contributed by atoms with E-state index in [0.29, 0.717) is 17.9 Å². The van der Waals surface area contributed by atoms with Crippen molar-refractivity contribution in [3.05, 3.63) is 65.2 Å². The fraction of sp³-hybridized carbons (Fsp3) is 0.167. The van der Waals surface area contributed by atoms with Crippen molar-refractivity contribution in [3.8, 4) is 11.5 Å². The number of carbonyl (C=O) groups excluding carboxylic acids is 1. The lowest BCUT2D eigenvalue weighted by Gasteiger charge is -2.06. The molecule has 2 aromatic carbocycles. The number of aryl methyl sites for hydroxylation is 1. The van der Waals surface area contributed by atoms with E-state index in [1.807, 2.05) is 38.1 Å². The van der Waals surface area contributed by atoms with Crippen molar-refractivity contribution in [2.75, 3.05) is 6.61 Å². The summed E-state index contributed by atoms with van der Waals surface area (Å²) in [4.78, 5) is 12.0. The summed E-state index contributed by atoms with van der Waals surface area (Å²) in [6.07, 6.45) is 3.23. The SMILES string of the molecule is CCOc1cc(C=CC(=O)c2ccc(C)cc2)ccc1O. The first-order chi connectivity index (χ1) is 10.1. The van der Waals surface area contributed by atoms with Crippen LogP contribution >= 0.6 is 0 Å². The number of phenolic OH excluding ortho intramolecular Hbond substituents is 1. The number of carbonyl (C=O) groups is 1. The number of aromatic hydroxyl groups is 1. The van der Waals surface area contributed by atoms with Crippen LogP contribution in [0.5, 0.6) is 11.5 Å². The van der Waals surface area contributed by atoms with Crippen molar-refractivity contribution in [3.63, 3.8) is 0 Å². The van der Waals surface area contributed by atoms with Gasteiger partial charge in [0.2, 0.25) is 0 Å². The lowest BCUT2D eigenvalue weighted by molar-refractivity contribution is 0.104. The van der Waals surface area contributed by atoms with Gasteiger partial charge in [0.15, 0.2) is 17.3 Å². The van der Waals surface area contributed by atoms with Crippen LogP contribution < -0.4 is 4.74 Å². The zero-order valence-electron chi connectivity index (χ0n) is 12.2. The van der Waals surface area contributed by atoms with Crippen LogP contribution in [-0.4, -0.2) is 17.5 Å². The highest BCUT2D eigenvalue weighted by molar-refractivity contribution is 6.06. The smallest absolute Gasteiger partial charge is 0.185 e. The van der Waals surface area contributed by atoms with Crippen LogP contribution in [-0.2, 0) is 0 Å². The Bertz CT molecular complexity index is 655. The second-order valence-corrected chi connectivity index (χ2v) is 4.72. The number of hydrogen-bond acceptors (Lipinski definition) is 3. The Morgan fingerprint density at radius 2 is 1.90 bits per heavy atom. The van der Waals surface area contributed by atoms with Gasteiger partial charge in [-0.25, -0.2) is 0 Å². The fourth-order valence-corrected chi connectivity index (χ4v) is 1.89. The van der Waals surface area contributed by atoms with Gasteiger partial charge in [0.05, 0.1) is 6.61 Å². The van der Waals surface area contributed by atoms with E-state index in [-0.39, 0.29) is 11.5 Å². The predicted molar refractivity (Wildman–Crippen MR) is 83.8 cm³/mol. The van der Waals surface area contributed by atoms with Gasteiger partial charge in [0.25, 0.3) is 0 Å². The predicted octanol–water partition coefficient (Wildman–Crippen LogP) is 4.00. The summed E-state index contributed by atoms with van der Waals surface area (Å²) >= 11 is 0. The van der Waals surface area contributed by atoms with Gasteiger partial charge < -0.3 is 9.84 Å². The molecular formula is C18H18O3. The number of rotatable bonds is 5. The molecular weight excluding hydrogens is 264 g/mol. The molecule has 0 aliphatic heterocycles. The molecule has 0 aromatic heterocycles. The van der Waals surface area contributed by atoms with E-state index in [1.165, 1.54) is 6.08 Å². The first-order valence-electron chi connectivity index (χ1n) is 6.85. The highest BCUT2D eigenvalue weighted by atomic mass is 16.5. The topological polar surface area (TPSA) is 46.5 Å². The molecule has 0 bridgehead atoms. The lowest BCUT2D eigenvalue weighted by atomic mass is 10.1. The average molecular weight is 282 g/mol. The van der Waals surface area contributed by atoms with E-state index >= 15 is 0 Å². The molecule has 3 nitrogen and oxygen atoms in total. The molecule has 0 atom stereocenters. The van der Waals surface area contributed by atoms with Gasteiger partial charge >= 0.3 is 0 Å². The second kappa shape index (κ2) is 6.75. The van der Waals surface area contributed by atoms with Crippen LogP contribution in [0.4, 0.5) is 0 Å². The highest BCUT2D eigenvalue weighted by Crippen LogP contribution is 2.27. The minimum atomic E-state index is -0.0546. The molecule has 2 rings (SSSR count). The Morgan fingerprint density at radius 1 is 1.19 bits per heavy atom. The molecule has 0 saturated heterocycles. The minimum Gasteiger partial charge on any atom is -0.504 e. The van der Waals surface area contributed by atoms with E-state index in [2.05, 4.69) is 0 Å². The summed E-state index contributed by atoms with van der Waals surface area (Å²) in [5, 5.41) is 9.63. The van der Waals surface area contributed by atoms with Crippen LogP contribution in [0.3, 0.4) is 0 Å². The van der Waals surface area contributed by atoms with Gasteiger partial charge in [0, 0.05) is 5.56 Å². The van der Waals surface area contributed by atoms with E-state index in [1.54, 1.807) is 24.3 Å². The van der Waals surface area contributed by atoms with Crippen molar-refractivity contribution in [2.45, 2.75) is 13.8 Å². The van der Waals surface area contributed by atoms with E-state index < -0.39 is 0 Å². The molecule has 0 saturated carbocycles. The van der Waals surface area contributed by atoms with Crippen LogP contribution in [0.15, 0.2) is 48.5 Å². The quantitative estimate of drug-likeness (QED) is 0.666. The van der Waals surface area contributed by atoms with Crippen LogP contribution in [0, 0.1) is 6.92 Å². The molecule has 0 fully saturated rings. The molecule has 108 valence electrons. The monoisotopic (exact) mass is 282 g/mol. The fourth-order valence-electron chi connectivity index (χ4n) is 1.89. The lowest BCUT2D eigenvalue weighted by Crippen LogP contribution is -1.94. The molecule has 21 heavy (non-hydrogen) atoms. The Balaban J connectivity index is 2.15. The Labute approximate surface area is 124 Å². The van der Waals surface area contributed by atoms with Crippen LogP contribution in [0.1, 0.15) is 28.4 Å². The van der Waals surface area contributed by atoms with E-state index in [9.17, 15) is 9.90 Å². The Hall–Kier alpha value is -2.55. The third-order valence-corrected chi connectivity index (χ3v) is 3.05. The molecule has 0 spiro atoms. The van der Waals surface area contributed by atoms with Crippen molar-refractivity contribution in [1.82, 2.24) is 0 Å². The molecule has 2 aromatic rings. The zero-order chi connectivity index (χ0) is 15.2. The van der Waals surface area contributed by atoms with Gasteiger partial charge in [0.1, 0.15) is 0 Å². The summed E-state index contributed by atoms with van der Waals surface area (Å²) in [7, 11) is 0. The van der Waals surface area contributed by atoms with Crippen molar-refractivity contribution in [1.29, 1.82) is 0 Å². The molecule has 1 N–H and O–H groups in total. The number of benzene rings is 2. The number of ketones is 1. The maximum atomic E-state index is 12.0. The van der Waals surface area contributed by atoms with Gasteiger partial charge in [-0.3, -0.25) is 4.79 Å². The van der Waals surface area contributed by atoms with Crippen LogP contribution in [0.25, 0.3) is 6.08 Å². The largest absolute Gasteiger partial charge is 0.504 e. The second-order valence-electron chi connectivity index (χ2n) is 4.72. The van der Waals surface area contributed by atoms with Crippen molar-refractivity contribution >= 4 is 11.9 Å². The summed E-state index contributed by atoms with van der Waals surface area (Å²) in [6, 6.07) is 12.4. The summed E-state index contributed by atoms with van der Waals surface area (Å²) < 4.78 is 5.31. The number of ether oxygens (including phenoxy) is 1. The molecule has 0 amide bonds. The van der Waals surface area contributed by atoms with Crippen molar-refractivity contribution < 1.29 is 14.6 Å². The summed E-state index contributed by atoms with van der Waals surface area (Å²) in [5.41, 5.74) is 2.58.